The molecule has 6 nitrogen and oxygen atoms in total. The topological polar surface area (TPSA) is 82.8 Å². The molecule has 2 heterocycles. The maximum atomic E-state index is 5.55. The molecule has 2 rings (SSSR count). The van der Waals surface area contributed by atoms with Crippen molar-refractivity contribution in [2.75, 3.05) is 0 Å². The third kappa shape index (κ3) is 2.27. The number of nitrogens with two attached hydrogens (primary N) is 1. The standard InChI is InChI=1S/C10H15N5O/c1-2-3-8-13-10(16-14-8)7-15-5-4-12-9(15)6-11/h4-5H,2-3,6-7,11H2,1H3. The molecule has 0 radical (unpaired) electrons. The van der Waals surface area contributed by atoms with Crippen molar-refractivity contribution in [1.29, 1.82) is 0 Å². The van der Waals surface area contributed by atoms with Crippen LogP contribution in [-0.2, 0) is 19.5 Å². The number of hydrogen-bond donors (Lipinski definition) is 1. The zero-order valence-corrected chi connectivity index (χ0v) is 9.26. The third-order valence-corrected chi connectivity index (χ3v) is 2.27. The lowest BCUT2D eigenvalue weighted by molar-refractivity contribution is 0.364. The van der Waals surface area contributed by atoms with E-state index >= 15 is 0 Å². The summed E-state index contributed by atoms with van der Waals surface area (Å²) in [6.07, 6.45) is 5.42. The van der Waals surface area contributed by atoms with Gasteiger partial charge in [-0.1, -0.05) is 12.1 Å². The average Bonchev–Trinajstić information content (AvgIpc) is 2.89. The van der Waals surface area contributed by atoms with E-state index in [0.29, 0.717) is 19.0 Å². The normalized spacial score (nSPS) is 10.9. The fraction of sp³-hybridized carbons (Fsp3) is 0.500. The minimum atomic E-state index is 0.406. The van der Waals surface area contributed by atoms with Crippen LogP contribution in [-0.4, -0.2) is 19.7 Å². The van der Waals surface area contributed by atoms with Gasteiger partial charge in [-0.25, -0.2) is 4.98 Å². The van der Waals surface area contributed by atoms with Crippen LogP contribution >= 0.6 is 0 Å². The monoisotopic (exact) mass is 221 g/mol. The Hall–Kier alpha value is -1.69. The highest BCUT2D eigenvalue weighted by molar-refractivity contribution is 4.95. The zero-order chi connectivity index (χ0) is 11.4. The first-order chi connectivity index (χ1) is 7.83. The molecule has 0 unspecified atom stereocenters. The molecule has 0 amide bonds. The first-order valence-electron chi connectivity index (χ1n) is 5.35. The summed E-state index contributed by atoms with van der Waals surface area (Å²) < 4.78 is 7.05. The van der Waals surface area contributed by atoms with E-state index in [-0.39, 0.29) is 0 Å². The van der Waals surface area contributed by atoms with Crippen LogP contribution in [0.2, 0.25) is 0 Å². The molecule has 0 atom stereocenters. The summed E-state index contributed by atoms with van der Waals surface area (Å²) in [6, 6.07) is 0. The highest BCUT2D eigenvalue weighted by Gasteiger charge is 2.08. The van der Waals surface area contributed by atoms with Crippen molar-refractivity contribution >= 4 is 0 Å². The van der Waals surface area contributed by atoms with Crippen LogP contribution in [0.3, 0.4) is 0 Å². The Kier molecular flexibility index (Phi) is 3.31. The summed E-state index contributed by atoms with van der Waals surface area (Å²) in [4.78, 5) is 8.41. The minimum absolute atomic E-state index is 0.406. The number of hydrogen-bond acceptors (Lipinski definition) is 5. The van der Waals surface area contributed by atoms with Crippen LogP contribution in [0.25, 0.3) is 0 Å². The van der Waals surface area contributed by atoms with E-state index in [1.54, 1.807) is 6.20 Å². The van der Waals surface area contributed by atoms with Crippen molar-refractivity contribution in [3.63, 3.8) is 0 Å². The summed E-state index contributed by atoms with van der Waals surface area (Å²) in [7, 11) is 0. The molecular formula is C10H15N5O. The molecular weight excluding hydrogens is 206 g/mol. The summed E-state index contributed by atoms with van der Waals surface area (Å²) in [5, 5.41) is 3.89. The van der Waals surface area contributed by atoms with Gasteiger partial charge in [-0.2, -0.15) is 4.98 Å². The Labute approximate surface area is 93.5 Å². The SMILES string of the molecule is CCCc1noc(Cn2ccnc2CN)n1. The Morgan fingerprint density at radius 1 is 1.50 bits per heavy atom. The van der Waals surface area contributed by atoms with Gasteiger partial charge in [0, 0.05) is 18.8 Å². The van der Waals surface area contributed by atoms with Crippen molar-refractivity contribution < 1.29 is 4.52 Å². The van der Waals surface area contributed by atoms with Gasteiger partial charge in [-0.15, -0.1) is 0 Å². The van der Waals surface area contributed by atoms with E-state index in [0.717, 1.165) is 24.5 Å². The van der Waals surface area contributed by atoms with Gasteiger partial charge in [0.1, 0.15) is 12.4 Å². The van der Waals surface area contributed by atoms with Gasteiger partial charge in [0.15, 0.2) is 5.82 Å². The fourth-order valence-electron chi connectivity index (χ4n) is 1.50. The van der Waals surface area contributed by atoms with Crippen molar-refractivity contribution in [3.05, 3.63) is 29.9 Å². The molecule has 2 N–H and O–H groups in total. The molecule has 2 aromatic rings. The first-order valence-corrected chi connectivity index (χ1v) is 5.35. The van der Waals surface area contributed by atoms with Crippen molar-refractivity contribution in [2.24, 2.45) is 5.73 Å². The lowest BCUT2D eigenvalue weighted by Gasteiger charge is -2.01. The van der Waals surface area contributed by atoms with Crippen molar-refractivity contribution in [1.82, 2.24) is 19.7 Å². The van der Waals surface area contributed by atoms with Crippen LogP contribution in [0.5, 0.6) is 0 Å². The molecule has 0 aromatic carbocycles. The smallest absolute Gasteiger partial charge is 0.246 e. The molecule has 0 bridgehead atoms. The summed E-state index contributed by atoms with van der Waals surface area (Å²) >= 11 is 0. The Morgan fingerprint density at radius 2 is 2.38 bits per heavy atom. The number of imidazole rings is 1. The Balaban J connectivity index is 2.08. The highest BCUT2D eigenvalue weighted by atomic mass is 16.5. The minimum Gasteiger partial charge on any atom is -0.337 e. The number of aromatic nitrogens is 4. The summed E-state index contributed by atoms with van der Waals surface area (Å²) in [5.74, 6) is 2.17. The van der Waals surface area contributed by atoms with Gasteiger partial charge in [0.2, 0.25) is 5.89 Å². The lowest BCUT2D eigenvalue weighted by Crippen LogP contribution is -2.09. The second-order valence-electron chi connectivity index (χ2n) is 3.53. The molecule has 0 saturated carbocycles. The van der Waals surface area contributed by atoms with Crippen LogP contribution < -0.4 is 5.73 Å². The fourth-order valence-corrected chi connectivity index (χ4v) is 1.50. The third-order valence-electron chi connectivity index (χ3n) is 2.27. The van der Waals surface area contributed by atoms with Crippen LogP contribution in [0.15, 0.2) is 16.9 Å². The van der Waals surface area contributed by atoms with E-state index < -0.39 is 0 Å². The molecule has 0 aliphatic carbocycles. The van der Waals surface area contributed by atoms with E-state index in [4.69, 9.17) is 10.3 Å². The van der Waals surface area contributed by atoms with Gasteiger partial charge >= 0.3 is 0 Å². The van der Waals surface area contributed by atoms with Crippen LogP contribution in [0, 0.1) is 0 Å². The van der Waals surface area contributed by atoms with E-state index in [1.807, 2.05) is 10.8 Å². The molecule has 0 spiro atoms. The molecule has 0 saturated heterocycles. The molecule has 0 aliphatic heterocycles. The van der Waals surface area contributed by atoms with Crippen LogP contribution in [0.4, 0.5) is 0 Å². The van der Waals surface area contributed by atoms with Crippen LogP contribution in [0.1, 0.15) is 30.9 Å². The Morgan fingerprint density at radius 3 is 3.12 bits per heavy atom. The Bertz CT molecular complexity index is 448. The maximum absolute atomic E-state index is 5.55. The predicted octanol–water partition coefficient (Wildman–Crippen LogP) is 0.726. The largest absolute Gasteiger partial charge is 0.337 e. The number of aryl methyl sites for hydroxylation is 1. The number of nitrogens with zero attached hydrogens (tertiary/aromatic N) is 4. The molecule has 0 aliphatic rings. The van der Waals surface area contributed by atoms with Gasteiger partial charge in [-0.05, 0) is 6.42 Å². The predicted molar refractivity (Wildman–Crippen MR) is 57.5 cm³/mol. The highest BCUT2D eigenvalue weighted by Crippen LogP contribution is 2.04. The van der Waals surface area contributed by atoms with Gasteiger partial charge < -0.3 is 14.8 Å². The van der Waals surface area contributed by atoms with E-state index in [2.05, 4.69) is 22.0 Å². The van der Waals surface area contributed by atoms with Gasteiger partial charge in [0.05, 0.1) is 6.54 Å². The zero-order valence-electron chi connectivity index (χ0n) is 9.26. The quantitative estimate of drug-likeness (QED) is 0.804. The lowest BCUT2D eigenvalue weighted by atomic mass is 10.3. The second-order valence-corrected chi connectivity index (χ2v) is 3.53. The summed E-state index contributed by atoms with van der Waals surface area (Å²) in [5.41, 5.74) is 5.55. The summed E-state index contributed by atoms with van der Waals surface area (Å²) in [6.45, 7) is 3.02. The van der Waals surface area contributed by atoms with Crippen molar-refractivity contribution in [3.8, 4) is 0 Å². The maximum Gasteiger partial charge on any atom is 0.246 e. The molecule has 16 heavy (non-hydrogen) atoms. The molecule has 6 heteroatoms. The molecule has 86 valence electrons. The van der Waals surface area contributed by atoms with E-state index in [9.17, 15) is 0 Å². The second kappa shape index (κ2) is 4.89. The van der Waals surface area contributed by atoms with Crippen molar-refractivity contribution in [2.45, 2.75) is 32.9 Å². The number of rotatable bonds is 5. The molecule has 0 fully saturated rings. The average molecular weight is 221 g/mol. The van der Waals surface area contributed by atoms with E-state index in [1.165, 1.54) is 0 Å². The first kappa shape index (κ1) is 10.8. The molecule has 2 aromatic heterocycles. The van der Waals surface area contributed by atoms with Gasteiger partial charge in [0.25, 0.3) is 0 Å². The van der Waals surface area contributed by atoms with Gasteiger partial charge in [-0.3, -0.25) is 0 Å².